The third-order valence-electron chi connectivity index (χ3n) is 3.21. The Labute approximate surface area is 119 Å². The minimum absolute atomic E-state index is 0.0294. The highest BCUT2D eigenvalue weighted by Gasteiger charge is 2.19. The number of benzene rings is 1. The number of hydrogen-bond donors (Lipinski definition) is 2. The van der Waals surface area contributed by atoms with Gasteiger partial charge in [-0.3, -0.25) is 4.79 Å². The van der Waals surface area contributed by atoms with Crippen molar-refractivity contribution in [2.75, 3.05) is 18.5 Å². The number of carbonyl (C=O) groups excluding carboxylic acids is 1. The fourth-order valence-electron chi connectivity index (χ4n) is 2.23. The number of hydrogen-bond acceptors (Lipinski definition) is 3. The molecule has 0 saturated carbocycles. The molecule has 1 heterocycles. The van der Waals surface area contributed by atoms with Gasteiger partial charge >= 0.3 is 0 Å². The van der Waals surface area contributed by atoms with E-state index in [2.05, 4.69) is 17.2 Å². The van der Waals surface area contributed by atoms with Gasteiger partial charge in [-0.05, 0) is 37.5 Å². The van der Waals surface area contributed by atoms with Crippen molar-refractivity contribution in [1.29, 1.82) is 0 Å². The van der Waals surface area contributed by atoms with E-state index in [-0.39, 0.29) is 12.0 Å². The molecule has 20 heavy (non-hydrogen) atoms. The van der Waals surface area contributed by atoms with Crippen molar-refractivity contribution in [1.82, 2.24) is 0 Å². The summed E-state index contributed by atoms with van der Waals surface area (Å²) in [5, 5.41) is 2.92. The van der Waals surface area contributed by atoms with E-state index < -0.39 is 0 Å². The second-order valence-electron chi connectivity index (χ2n) is 4.94. The lowest BCUT2D eigenvalue weighted by Crippen LogP contribution is -2.19. The van der Waals surface area contributed by atoms with Crippen LogP contribution < -0.4 is 11.1 Å². The molecule has 106 valence electrons. The van der Waals surface area contributed by atoms with Gasteiger partial charge in [0.05, 0.1) is 24.8 Å². The first-order valence-corrected chi connectivity index (χ1v) is 6.90. The molecule has 1 aromatic rings. The van der Waals surface area contributed by atoms with Crippen LogP contribution in [0.15, 0.2) is 18.2 Å². The summed E-state index contributed by atoms with van der Waals surface area (Å²) in [6.45, 7) is 3.04. The van der Waals surface area contributed by atoms with E-state index in [0.29, 0.717) is 13.0 Å². The summed E-state index contributed by atoms with van der Waals surface area (Å²) >= 11 is 0. The van der Waals surface area contributed by atoms with Crippen LogP contribution >= 0.6 is 0 Å². The van der Waals surface area contributed by atoms with E-state index in [0.717, 1.165) is 36.3 Å². The second kappa shape index (κ2) is 7.09. The van der Waals surface area contributed by atoms with Crippen molar-refractivity contribution in [2.24, 2.45) is 5.73 Å². The maximum Gasteiger partial charge on any atom is 0.227 e. The zero-order valence-electron chi connectivity index (χ0n) is 11.7. The van der Waals surface area contributed by atoms with Gasteiger partial charge in [-0.2, -0.15) is 0 Å². The average Bonchev–Trinajstić information content (AvgIpc) is 2.90. The Morgan fingerprint density at radius 3 is 3.10 bits per heavy atom. The van der Waals surface area contributed by atoms with Crippen molar-refractivity contribution in [2.45, 2.75) is 32.3 Å². The highest BCUT2D eigenvalue weighted by Crippen LogP contribution is 2.19. The number of rotatable bonds is 3. The predicted octanol–water partition coefficient (Wildman–Crippen LogP) is 1.81. The van der Waals surface area contributed by atoms with Crippen molar-refractivity contribution in [3.8, 4) is 11.8 Å². The molecule has 1 saturated heterocycles. The molecule has 1 aliphatic heterocycles. The Morgan fingerprint density at radius 2 is 2.40 bits per heavy atom. The molecular formula is C16H20N2O2. The number of amides is 1. The average molecular weight is 272 g/mol. The Morgan fingerprint density at radius 1 is 1.55 bits per heavy atom. The van der Waals surface area contributed by atoms with Crippen LogP contribution in [0.25, 0.3) is 0 Å². The second-order valence-corrected chi connectivity index (χ2v) is 4.94. The van der Waals surface area contributed by atoms with Gasteiger partial charge in [0.15, 0.2) is 0 Å². The standard InChI is InChI=1S/C16H20N2O2/c1-12-6-7-13(4-2-8-17)15(10-12)18-16(19)11-14-5-3-9-20-14/h6-7,10,14H,3,5,8-9,11,17H2,1H3,(H,18,19). The lowest BCUT2D eigenvalue weighted by Gasteiger charge is -2.11. The molecule has 0 radical (unpaired) electrons. The van der Waals surface area contributed by atoms with Gasteiger partial charge in [0.1, 0.15) is 0 Å². The highest BCUT2D eigenvalue weighted by molar-refractivity contribution is 5.92. The molecule has 1 fully saturated rings. The zero-order chi connectivity index (χ0) is 14.4. The number of aryl methyl sites for hydroxylation is 1. The molecule has 0 spiro atoms. The van der Waals surface area contributed by atoms with E-state index in [4.69, 9.17) is 10.5 Å². The summed E-state index contributed by atoms with van der Waals surface area (Å²) in [4.78, 5) is 12.0. The van der Waals surface area contributed by atoms with Crippen molar-refractivity contribution < 1.29 is 9.53 Å². The molecular weight excluding hydrogens is 252 g/mol. The van der Waals surface area contributed by atoms with Crippen LogP contribution in [0.3, 0.4) is 0 Å². The molecule has 1 aromatic carbocycles. The van der Waals surface area contributed by atoms with E-state index in [1.807, 2.05) is 25.1 Å². The molecule has 0 aromatic heterocycles. The van der Waals surface area contributed by atoms with Gasteiger partial charge in [-0.1, -0.05) is 17.9 Å². The fourth-order valence-corrected chi connectivity index (χ4v) is 2.23. The predicted molar refractivity (Wildman–Crippen MR) is 79.3 cm³/mol. The van der Waals surface area contributed by atoms with Crippen molar-refractivity contribution in [3.63, 3.8) is 0 Å². The highest BCUT2D eigenvalue weighted by atomic mass is 16.5. The summed E-state index contributed by atoms with van der Waals surface area (Å²) in [5.41, 5.74) is 8.01. The van der Waals surface area contributed by atoms with Gasteiger partial charge in [-0.25, -0.2) is 0 Å². The number of nitrogens with one attached hydrogen (secondary N) is 1. The van der Waals surface area contributed by atoms with Crippen LogP contribution in [0.4, 0.5) is 5.69 Å². The smallest absolute Gasteiger partial charge is 0.227 e. The van der Waals surface area contributed by atoms with Crippen LogP contribution in [0.5, 0.6) is 0 Å². The summed E-state index contributed by atoms with van der Waals surface area (Å²) in [5.74, 6) is 5.76. The maximum absolute atomic E-state index is 12.0. The lowest BCUT2D eigenvalue weighted by atomic mass is 10.1. The molecule has 4 heteroatoms. The summed E-state index contributed by atoms with van der Waals surface area (Å²) in [6.07, 6.45) is 2.45. The van der Waals surface area contributed by atoms with E-state index in [1.54, 1.807) is 0 Å². The van der Waals surface area contributed by atoms with Crippen LogP contribution in [-0.2, 0) is 9.53 Å². The van der Waals surface area contributed by atoms with Gasteiger partial charge in [0, 0.05) is 12.2 Å². The Hall–Kier alpha value is -1.83. The Bertz CT molecular complexity index is 537. The minimum atomic E-state index is -0.0294. The third kappa shape index (κ3) is 4.09. The SMILES string of the molecule is Cc1ccc(C#CCN)c(NC(=O)CC2CCCO2)c1. The number of anilines is 1. The largest absolute Gasteiger partial charge is 0.378 e. The van der Waals surface area contributed by atoms with E-state index >= 15 is 0 Å². The summed E-state index contributed by atoms with van der Waals surface area (Å²) < 4.78 is 5.47. The fraction of sp³-hybridized carbons (Fsp3) is 0.438. The first-order valence-electron chi connectivity index (χ1n) is 6.90. The third-order valence-corrected chi connectivity index (χ3v) is 3.21. The molecule has 0 aliphatic carbocycles. The molecule has 4 nitrogen and oxygen atoms in total. The molecule has 3 N–H and O–H groups in total. The quantitative estimate of drug-likeness (QED) is 0.825. The van der Waals surface area contributed by atoms with Gasteiger partial charge in [0.25, 0.3) is 0 Å². The molecule has 0 bridgehead atoms. The first kappa shape index (κ1) is 14.6. The molecule has 2 rings (SSSR count). The molecule has 1 amide bonds. The summed E-state index contributed by atoms with van der Waals surface area (Å²) in [7, 11) is 0. The van der Waals surface area contributed by atoms with Gasteiger partial charge < -0.3 is 15.8 Å². The Kier molecular flexibility index (Phi) is 5.16. The molecule has 1 unspecified atom stereocenters. The number of nitrogens with two attached hydrogens (primary N) is 1. The lowest BCUT2D eigenvalue weighted by molar-refractivity contribution is -0.118. The number of carbonyl (C=O) groups is 1. The topological polar surface area (TPSA) is 64.3 Å². The maximum atomic E-state index is 12.0. The van der Waals surface area contributed by atoms with Crippen LogP contribution in [0.2, 0.25) is 0 Å². The molecule has 1 atom stereocenters. The first-order chi connectivity index (χ1) is 9.69. The van der Waals surface area contributed by atoms with Gasteiger partial charge in [-0.15, -0.1) is 0 Å². The van der Waals surface area contributed by atoms with Gasteiger partial charge in [0.2, 0.25) is 5.91 Å². The normalized spacial score (nSPS) is 17.4. The van der Waals surface area contributed by atoms with E-state index in [1.165, 1.54) is 0 Å². The van der Waals surface area contributed by atoms with Crippen LogP contribution in [0, 0.1) is 18.8 Å². The minimum Gasteiger partial charge on any atom is -0.378 e. The van der Waals surface area contributed by atoms with Crippen LogP contribution in [0.1, 0.15) is 30.4 Å². The summed E-state index contributed by atoms with van der Waals surface area (Å²) in [6, 6.07) is 5.80. The van der Waals surface area contributed by atoms with Crippen LogP contribution in [-0.4, -0.2) is 25.2 Å². The van der Waals surface area contributed by atoms with E-state index in [9.17, 15) is 4.79 Å². The number of ether oxygens (including phenoxy) is 1. The monoisotopic (exact) mass is 272 g/mol. The Balaban J connectivity index is 2.06. The molecule has 1 aliphatic rings. The van der Waals surface area contributed by atoms with Crippen molar-refractivity contribution >= 4 is 11.6 Å². The zero-order valence-corrected chi connectivity index (χ0v) is 11.7. The van der Waals surface area contributed by atoms with Crippen molar-refractivity contribution in [3.05, 3.63) is 29.3 Å².